The molecule has 6 nitrogen and oxygen atoms in total. The van der Waals surface area contributed by atoms with E-state index < -0.39 is 11.6 Å². The fourth-order valence-corrected chi connectivity index (χ4v) is 14.7. The van der Waals surface area contributed by atoms with Gasteiger partial charge in [0.05, 0.1) is 46.7 Å². The average Bonchev–Trinajstić information content (AvgIpc) is 1.53. The maximum absolute atomic E-state index is 16.2. The molecule has 0 atom stereocenters. The van der Waals surface area contributed by atoms with Gasteiger partial charge in [0.25, 0.3) is 0 Å². The van der Waals surface area contributed by atoms with Crippen LogP contribution < -0.4 is 9.47 Å². The number of phenolic OH excluding ortho intramolecular Hbond substituents is 2. The van der Waals surface area contributed by atoms with E-state index in [2.05, 4.69) is 246 Å². The largest absolute Gasteiger partial charge is 2.00 e. The molecule has 0 aliphatic rings. The second-order valence-corrected chi connectivity index (χ2v) is 34.9. The molecule has 0 saturated carbocycles. The molecule has 0 unspecified atom stereocenters. The molecular formula is C87H110F2N2O4Zr. The minimum absolute atomic E-state index is 0. The Morgan fingerprint density at radius 2 is 0.625 bits per heavy atom. The molecule has 510 valence electrons. The van der Waals surface area contributed by atoms with Crippen LogP contribution in [0, 0.1) is 51.2 Å². The van der Waals surface area contributed by atoms with Gasteiger partial charge in [-0.3, -0.25) is 0 Å². The summed E-state index contributed by atoms with van der Waals surface area (Å²) in [5, 5.41) is 30.7. The summed E-state index contributed by atoms with van der Waals surface area (Å²) in [6.07, 6.45) is 2.06. The number of hydrogen-bond acceptors (Lipinski definition) is 4. The molecule has 0 aliphatic heterocycles. The standard InChI is InChI=1S/C85H104F2N2O4.2CH3.Zr/c1-50-36-58(86)46-66(64-42-56(84(21,22)48-78(3,4)5)44-72(74(64)90)88-68-30-26-52(80(9,10)11)38-60(68)61-39-53(81(12,13)14)27-31-69(61)88)76(50)92-34-25-35-93-77-51(2)37-59(87)47-67(77)65-43-57(85(23,24)49-79(6,7)8)45-73(75(65)91)89-70-32-28-54(82(15,16)17)40-62(70)63-41-55(83(18,19)20)29-33-71(63)89;;;/h26-33,36-47,90-91H,25,34-35,48-49H2,1-24H3;2*1H3;/q;2*-1;+2. The zero-order valence-electron chi connectivity index (χ0n) is 62.9. The Hall–Kier alpha value is -6.70. The van der Waals surface area contributed by atoms with E-state index in [1.54, 1.807) is 0 Å². The Balaban J connectivity index is 0.00000433. The van der Waals surface area contributed by atoms with Crippen LogP contribution in [0.15, 0.2) is 121 Å². The van der Waals surface area contributed by atoms with Crippen LogP contribution in [0.5, 0.6) is 23.0 Å². The number of halogens is 2. The Morgan fingerprint density at radius 3 is 0.875 bits per heavy atom. The van der Waals surface area contributed by atoms with Gasteiger partial charge < -0.3 is 43.7 Å². The molecule has 0 radical (unpaired) electrons. The zero-order valence-corrected chi connectivity index (χ0v) is 65.4. The van der Waals surface area contributed by atoms with Crippen molar-refractivity contribution < 1.29 is 54.7 Å². The third-order valence-corrected chi connectivity index (χ3v) is 19.0. The summed E-state index contributed by atoms with van der Waals surface area (Å²) >= 11 is 0. The molecule has 10 rings (SSSR count). The topological polar surface area (TPSA) is 68.8 Å². The van der Waals surface area contributed by atoms with E-state index in [0.29, 0.717) is 62.7 Å². The number of nitrogens with zero attached hydrogens (tertiary/aromatic N) is 2. The van der Waals surface area contributed by atoms with Gasteiger partial charge in [-0.1, -0.05) is 177 Å². The summed E-state index contributed by atoms with van der Waals surface area (Å²) in [4.78, 5) is 0. The number of aromatic hydroxyl groups is 2. The first kappa shape index (κ1) is 76.7. The number of aryl methyl sites for hydroxylation is 2. The van der Waals surface area contributed by atoms with Crippen molar-refractivity contribution in [2.24, 2.45) is 10.8 Å². The van der Waals surface area contributed by atoms with Gasteiger partial charge in [0, 0.05) is 50.2 Å². The van der Waals surface area contributed by atoms with E-state index in [9.17, 15) is 10.2 Å². The summed E-state index contributed by atoms with van der Waals surface area (Å²) in [6.45, 7) is 53.3. The fourth-order valence-electron chi connectivity index (χ4n) is 14.7. The van der Waals surface area contributed by atoms with Crippen LogP contribution in [0.3, 0.4) is 0 Å². The minimum atomic E-state index is -0.446. The van der Waals surface area contributed by atoms with Gasteiger partial charge in [-0.05, 0) is 212 Å². The van der Waals surface area contributed by atoms with Crippen molar-refractivity contribution in [1.29, 1.82) is 0 Å². The van der Waals surface area contributed by atoms with Crippen molar-refractivity contribution in [3.63, 3.8) is 0 Å². The van der Waals surface area contributed by atoms with Gasteiger partial charge in [0.1, 0.15) is 34.6 Å². The number of ether oxygens (including phenoxy) is 2. The first-order chi connectivity index (χ1) is 42.8. The van der Waals surface area contributed by atoms with Gasteiger partial charge in [-0.2, -0.15) is 0 Å². The molecule has 0 bridgehead atoms. The van der Waals surface area contributed by atoms with Crippen LogP contribution in [0.4, 0.5) is 8.78 Å². The van der Waals surface area contributed by atoms with E-state index >= 15 is 8.78 Å². The van der Waals surface area contributed by atoms with Gasteiger partial charge in [-0.15, -0.1) is 0 Å². The van der Waals surface area contributed by atoms with E-state index in [1.165, 1.54) is 46.5 Å². The molecule has 0 aliphatic carbocycles. The number of phenols is 2. The van der Waals surface area contributed by atoms with Gasteiger partial charge >= 0.3 is 26.2 Å². The first-order valence-electron chi connectivity index (χ1n) is 33.6. The van der Waals surface area contributed by atoms with Crippen LogP contribution in [0.2, 0.25) is 0 Å². The van der Waals surface area contributed by atoms with Crippen LogP contribution in [0.25, 0.3) is 77.2 Å². The first-order valence-corrected chi connectivity index (χ1v) is 33.6. The summed E-state index contributed by atoms with van der Waals surface area (Å²) in [5.74, 6) is 0.0471. The number of fused-ring (bicyclic) bond motifs is 6. The Kier molecular flexibility index (Phi) is 21.4. The Morgan fingerprint density at radius 1 is 0.354 bits per heavy atom. The number of hydrogen-bond donors (Lipinski definition) is 2. The van der Waals surface area contributed by atoms with E-state index in [4.69, 9.17) is 9.47 Å². The molecule has 2 heterocycles. The van der Waals surface area contributed by atoms with Crippen molar-refractivity contribution in [3.05, 3.63) is 192 Å². The monoisotopic (exact) mass is 1370 g/mol. The zero-order chi connectivity index (χ0) is 68.4. The van der Waals surface area contributed by atoms with Crippen molar-refractivity contribution >= 4 is 43.6 Å². The molecule has 0 fully saturated rings. The molecule has 0 spiro atoms. The molecular weight excluding hydrogens is 1270 g/mol. The molecule has 8 aromatic carbocycles. The predicted octanol–water partition coefficient (Wildman–Crippen LogP) is 24.9. The van der Waals surface area contributed by atoms with Gasteiger partial charge in [0.15, 0.2) is 0 Å². The molecule has 2 aromatic heterocycles. The Labute approximate surface area is 594 Å². The van der Waals surface area contributed by atoms with Gasteiger partial charge in [0.2, 0.25) is 0 Å². The summed E-state index contributed by atoms with van der Waals surface area (Å²) in [7, 11) is 0. The maximum Gasteiger partial charge on any atom is 2.00 e. The molecule has 0 saturated heterocycles. The van der Waals surface area contributed by atoms with Crippen molar-refractivity contribution in [1.82, 2.24) is 9.13 Å². The minimum Gasteiger partial charge on any atom is -0.505 e. The smallest absolute Gasteiger partial charge is 0.505 e. The average molecular weight is 1380 g/mol. The summed E-state index contributed by atoms with van der Waals surface area (Å²) in [5.41, 5.74) is 13.6. The molecule has 2 N–H and O–H groups in total. The molecule has 96 heavy (non-hydrogen) atoms. The summed E-state index contributed by atoms with van der Waals surface area (Å²) < 4.78 is 50.5. The van der Waals surface area contributed by atoms with E-state index in [0.717, 1.165) is 67.6 Å². The van der Waals surface area contributed by atoms with Crippen LogP contribution in [-0.4, -0.2) is 32.6 Å². The van der Waals surface area contributed by atoms with Crippen LogP contribution in [0.1, 0.15) is 216 Å². The quantitative estimate of drug-likeness (QED) is 0.0841. The predicted molar refractivity (Wildman–Crippen MR) is 403 cm³/mol. The second-order valence-electron chi connectivity index (χ2n) is 34.9. The van der Waals surface area contributed by atoms with Crippen LogP contribution >= 0.6 is 0 Å². The number of rotatable bonds is 14. The van der Waals surface area contributed by atoms with E-state index in [1.807, 2.05) is 26.0 Å². The number of benzene rings is 8. The molecule has 0 amide bonds. The summed E-state index contributed by atoms with van der Waals surface area (Å²) in [6, 6.07) is 41.0. The fraction of sp³-hybridized carbons (Fsp3) is 0.425. The third-order valence-electron chi connectivity index (χ3n) is 19.0. The number of aromatic nitrogens is 2. The van der Waals surface area contributed by atoms with Crippen molar-refractivity contribution in [2.75, 3.05) is 13.2 Å². The SMILES string of the molecule is Cc1cc(F)cc(-c2cc(C(C)(C)CC(C)(C)C)cc(-n3c4ccc(C(C)(C)C)cc4c4cc(C(C)(C)C)ccc43)c2O)c1OCCCOc1c(C)cc(F)cc1-c1cc(C(C)(C)CC(C)(C)C)cc(-n2c3ccc(C(C)(C)C)cc3c3cc(C(C)(C)C)ccc32)c1O.[CH3-].[CH3-].[Zr+2]. The molecule has 10 aromatic rings. The van der Waals surface area contributed by atoms with Crippen molar-refractivity contribution in [2.45, 2.75) is 218 Å². The normalized spacial score (nSPS) is 12.9. The maximum atomic E-state index is 16.2. The van der Waals surface area contributed by atoms with Gasteiger partial charge in [-0.25, -0.2) is 8.78 Å². The Bertz CT molecular complexity index is 4120. The van der Waals surface area contributed by atoms with E-state index in [-0.39, 0.29) is 109 Å². The molecule has 9 heteroatoms. The second kappa shape index (κ2) is 26.9. The third kappa shape index (κ3) is 15.4. The van der Waals surface area contributed by atoms with Crippen molar-refractivity contribution in [3.8, 4) is 56.6 Å². The van der Waals surface area contributed by atoms with Crippen LogP contribution in [-0.2, 0) is 58.7 Å².